The number of likely N-dealkylation sites (N-methyl/N-ethyl adjacent to an activating group) is 1. The second-order valence-electron chi connectivity index (χ2n) is 4.98. The Morgan fingerprint density at radius 3 is 2.18 bits per heavy atom. The van der Waals surface area contributed by atoms with Crippen LogP contribution in [0.1, 0.15) is 25.7 Å². The van der Waals surface area contributed by atoms with Crippen LogP contribution in [-0.4, -0.2) is 49.1 Å². The van der Waals surface area contributed by atoms with Gasteiger partial charge in [-0.2, -0.15) is 0 Å². The first-order chi connectivity index (χ1) is 8.00. The van der Waals surface area contributed by atoms with E-state index in [-0.39, 0.29) is 17.7 Å². The molecular formula is C12H22N2O3. The van der Waals surface area contributed by atoms with Crippen molar-refractivity contribution in [1.29, 1.82) is 0 Å². The maximum absolute atomic E-state index is 11.8. The summed E-state index contributed by atoms with van der Waals surface area (Å²) in [6, 6.07) is 0. The number of nitrogens with one attached hydrogen (secondary N) is 1. The Labute approximate surface area is 102 Å². The molecule has 1 saturated carbocycles. The van der Waals surface area contributed by atoms with Crippen molar-refractivity contribution in [2.24, 2.45) is 11.8 Å². The standard InChI is InChI=1S/C12H22N2O3/c1-14(2)8-7-13-11(15)9-3-5-10(6-4-9)12(16)17/h9-10H,3-8H2,1-2H3,(H,13,15)(H,16,17). The van der Waals surface area contributed by atoms with Gasteiger partial charge in [0.2, 0.25) is 5.91 Å². The number of hydrogen-bond acceptors (Lipinski definition) is 3. The molecule has 1 rings (SSSR count). The number of carbonyl (C=O) groups is 2. The van der Waals surface area contributed by atoms with E-state index in [1.54, 1.807) is 0 Å². The maximum atomic E-state index is 11.8. The van der Waals surface area contributed by atoms with Crippen LogP contribution in [0.5, 0.6) is 0 Å². The van der Waals surface area contributed by atoms with Crippen molar-refractivity contribution in [3.8, 4) is 0 Å². The van der Waals surface area contributed by atoms with E-state index in [4.69, 9.17) is 5.11 Å². The summed E-state index contributed by atoms with van der Waals surface area (Å²) < 4.78 is 0. The van der Waals surface area contributed by atoms with E-state index in [9.17, 15) is 9.59 Å². The molecule has 0 spiro atoms. The molecular weight excluding hydrogens is 220 g/mol. The van der Waals surface area contributed by atoms with E-state index in [0.717, 1.165) is 6.54 Å². The number of rotatable bonds is 5. The zero-order chi connectivity index (χ0) is 12.8. The first-order valence-electron chi connectivity index (χ1n) is 6.16. The van der Waals surface area contributed by atoms with Gasteiger partial charge in [0, 0.05) is 19.0 Å². The number of carboxylic acids is 1. The Morgan fingerprint density at radius 1 is 1.18 bits per heavy atom. The third-order valence-corrected chi connectivity index (χ3v) is 3.31. The van der Waals surface area contributed by atoms with Crippen molar-refractivity contribution >= 4 is 11.9 Å². The molecule has 1 aliphatic carbocycles. The van der Waals surface area contributed by atoms with Gasteiger partial charge >= 0.3 is 5.97 Å². The minimum atomic E-state index is -0.725. The zero-order valence-corrected chi connectivity index (χ0v) is 10.6. The van der Waals surface area contributed by atoms with Gasteiger partial charge in [-0.3, -0.25) is 9.59 Å². The lowest BCUT2D eigenvalue weighted by atomic mass is 9.81. The maximum Gasteiger partial charge on any atom is 0.306 e. The summed E-state index contributed by atoms with van der Waals surface area (Å²) in [5.74, 6) is -0.888. The quantitative estimate of drug-likeness (QED) is 0.739. The number of amides is 1. The van der Waals surface area contributed by atoms with Gasteiger partial charge in [-0.25, -0.2) is 0 Å². The number of aliphatic carboxylic acids is 1. The highest BCUT2D eigenvalue weighted by molar-refractivity contribution is 5.79. The van der Waals surface area contributed by atoms with E-state index in [1.807, 2.05) is 19.0 Å². The number of carbonyl (C=O) groups excluding carboxylic acids is 1. The summed E-state index contributed by atoms with van der Waals surface area (Å²) in [6.07, 6.45) is 2.65. The van der Waals surface area contributed by atoms with Crippen LogP contribution in [0.25, 0.3) is 0 Å². The molecule has 0 unspecified atom stereocenters. The van der Waals surface area contributed by atoms with E-state index < -0.39 is 5.97 Å². The fourth-order valence-electron chi connectivity index (χ4n) is 2.15. The molecule has 5 heteroatoms. The zero-order valence-electron chi connectivity index (χ0n) is 10.6. The molecule has 0 bridgehead atoms. The molecule has 1 amide bonds. The molecule has 0 aromatic rings. The summed E-state index contributed by atoms with van der Waals surface area (Å²) in [5.41, 5.74) is 0. The summed E-state index contributed by atoms with van der Waals surface area (Å²) >= 11 is 0. The van der Waals surface area contributed by atoms with Crippen LogP contribution in [0.4, 0.5) is 0 Å². The Kier molecular flexibility index (Phi) is 5.41. The Hall–Kier alpha value is -1.10. The first kappa shape index (κ1) is 14.0. The number of hydrogen-bond donors (Lipinski definition) is 2. The highest BCUT2D eigenvalue weighted by atomic mass is 16.4. The van der Waals surface area contributed by atoms with Gasteiger partial charge in [-0.05, 0) is 39.8 Å². The van der Waals surface area contributed by atoms with Crippen molar-refractivity contribution < 1.29 is 14.7 Å². The van der Waals surface area contributed by atoms with Crippen molar-refractivity contribution in [3.05, 3.63) is 0 Å². The molecule has 0 radical (unpaired) electrons. The van der Waals surface area contributed by atoms with Crippen LogP contribution in [-0.2, 0) is 9.59 Å². The minimum absolute atomic E-state index is 0.00719. The molecule has 0 aromatic heterocycles. The summed E-state index contributed by atoms with van der Waals surface area (Å²) in [6.45, 7) is 1.49. The van der Waals surface area contributed by atoms with Gasteiger partial charge in [0.05, 0.1) is 5.92 Å². The van der Waals surface area contributed by atoms with Crippen molar-refractivity contribution in [2.45, 2.75) is 25.7 Å². The van der Waals surface area contributed by atoms with E-state index in [2.05, 4.69) is 5.32 Å². The topological polar surface area (TPSA) is 69.6 Å². The lowest BCUT2D eigenvalue weighted by Crippen LogP contribution is -2.37. The fourth-order valence-corrected chi connectivity index (χ4v) is 2.15. The highest BCUT2D eigenvalue weighted by Crippen LogP contribution is 2.28. The van der Waals surface area contributed by atoms with Crippen LogP contribution < -0.4 is 5.32 Å². The van der Waals surface area contributed by atoms with E-state index >= 15 is 0 Å². The van der Waals surface area contributed by atoms with Crippen molar-refractivity contribution in [2.75, 3.05) is 27.2 Å². The summed E-state index contributed by atoms with van der Waals surface area (Å²) in [7, 11) is 3.93. The minimum Gasteiger partial charge on any atom is -0.481 e. The number of carboxylic acid groups (broad SMARTS) is 1. The molecule has 0 saturated heterocycles. The van der Waals surface area contributed by atoms with Crippen LogP contribution >= 0.6 is 0 Å². The van der Waals surface area contributed by atoms with Gasteiger partial charge in [0.1, 0.15) is 0 Å². The second-order valence-corrected chi connectivity index (χ2v) is 4.98. The molecule has 0 heterocycles. The average molecular weight is 242 g/mol. The van der Waals surface area contributed by atoms with E-state index in [1.165, 1.54) is 0 Å². The highest BCUT2D eigenvalue weighted by Gasteiger charge is 2.29. The second kappa shape index (κ2) is 6.59. The van der Waals surface area contributed by atoms with Gasteiger partial charge in [0.15, 0.2) is 0 Å². The van der Waals surface area contributed by atoms with Crippen LogP contribution in [0, 0.1) is 11.8 Å². The average Bonchev–Trinajstić information content (AvgIpc) is 2.28. The molecule has 0 aliphatic heterocycles. The smallest absolute Gasteiger partial charge is 0.306 e. The lowest BCUT2D eigenvalue weighted by Gasteiger charge is -2.25. The molecule has 1 aliphatic rings. The number of nitrogens with zero attached hydrogens (tertiary/aromatic N) is 1. The third-order valence-electron chi connectivity index (χ3n) is 3.31. The first-order valence-corrected chi connectivity index (χ1v) is 6.16. The van der Waals surface area contributed by atoms with Gasteiger partial charge in [-0.15, -0.1) is 0 Å². The molecule has 2 N–H and O–H groups in total. The Morgan fingerprint density at radius 2 is 1.71 bits per heavy atom. The fraction of sp³-hybridized carbons (Fsp3) is 0.833. The molecule has 5 nitrogen and oxygen atoms in total. The van der Waals surface area contributed by atoms with Gasteiger partial charge < -0.3 is 15.3 Å². The van der Waals surface area contributed by atoms with Crippen molar-refractivity contribution in [1.82, 2.24) is 10.2 Å². The van der Waals surface area contributed by atoms with Gasteiger partial charge in [0.25, 0.3) is 0 Å². The molecule has 1 fully saturated rings. The summed E-state index contributed by atoms with van der Waals surface area (Å²) in [4.78, 5) is 24.6. The molecule has 17 heavy (non-hydrogen) atoms. The Balaban J connectivity index is 2.24. The monoisotopic (exact) mass is 242 g/mol. The van der Waals surface area contributed by atoms with Crippen LogP contribution in [0.15, 0.2) is 0 Å². The van der Waals surface area contributed by atoms with E-state index in [0.29, 0.717) is 32.2 Å². The normalized spacial score (nSPS) is 24.6. The predicted octanol–water partition coefficient (Wildman–Crippen LogP) is 0.555. The molecule has 98 valence electrons. The third kappa shape index (κ3) is 4.73. The van der Waals surface area contributed by atoms with Crippen molar-refractivity contribution in [3.63, 3.8) is 0 Å². The van der Waals surface area contributed by atoms with Gasteiger partial charge in [-0.1, -0.05) is 0 Å². The van der Waals surface area contributed by atoms with Crippen LogP contribution in [0.2, 0.25) is 0 Å². The SMILES string of the molecule is CN(C)CCNC(=O)C1CCC(C(=O)O)CC1. The Bertz CT molecular complexity index is 271. The summed E-state index contributed by atoms with van der Waals surface area (Å²) in [5, 5.41) is 11.8. The largest absolute Gasteiger partial charge is 0.481 e. The molecule has 0 atom stereocenters. The van der Waals surface area contributed by atoms with Crippen LogP contribution in [0.3, 0.4) is 0 Å². The predicted molar refractivity (Wildman–Crippen MR) is 64.6 cm³/mol. The lowest BCUT2D eigenvalue weighted by molar-refractivity contribution is -0.144. The molecule has 0 aromatic carbocycles.